The van der Waals surface area contributed by atoms with Gasteiger partial charge in [-0.25, -0.2) is 4.98 Å². The predicted molar refractivity (Wildman–Crippen MR) is 125 cm³/mol. The van der Waals surface area contributed by atoms with Crippen LogP contribution in [0.1, 0.15) is 15.9 Å². The van der Waals surface area contributed by atoms with Crippen molar-refractivity contribution < 1.29 is 9.53 Å². The molecule has 3 aromatic carbocycles. The molecule has 0 radical (unpaired) electrons. The summed E-state index contributed by atoms with van der Waals surface area (Å²) in [5.74, 6) is 0.678. The van der Waals surface area contributed by atoms with E-state index in [0.717, 1.165) is 37.7 Å². The van der Waals surface area contributed by atoms with Gasteiger partial charge in [-0.05, 0) is 48.0 Å². The molecule has 0 aliphatic rings. The second kappa shape index (κ2) is 8.06. The van der Waals surface area contributed by atoms with Crippen molar-refractivity contribution in [3.05, 3.63) is 89.1 Å². The number of nitrogens with one attached hydrogen (secondary N) is 1. The number of amides is 1. The molecule has 0 unspecified atom stereocenters. The Morgan fingerprint density at radius 1 is 1.13 bits per heavy atom. The maximum absolute atomic E-state index is 12.6. The average Bonchev–Trinajstić information content (AvgIpc) is 3.35. The van der Waals surface area contributed by atoms with Crippen LogP contribution in [-0.2, 0) is 6.54 Å². The molecule has 5 rings (SSSR count). The number of carbonyl (C=O) groups is 1. The molecule has 7 heteroatoms. The molecule has 1 N–H and O–H groups in total. The molecule has 0 fully saturated rings. The highest BCUT2D eigenvalue weighted by atomic mass is 35.5. The Balaban J connectivity index is 1.40. The van der Waals surface area contributed by atoms with Gasteiger partial charge >= 0.3 is 0 Å². The van der Waals surface area contributed by atoms with E-state index in [4.69, 9.17) is 21.3 Å². The number of halogens is 1. The summed E-state index contributed by atoms with van der Waals surface area (Å²) in [7, 11) is 1.65. The molecule has 0 aliphatic heterocycles. The van der Waals surface area contributed by atoms with Crippen LogP contribution < -0.4 is 10.1 Å². The van der Waals surface area contributed by atoms with E-state index < -0.39 is 0 Å². The van der Waals surface area contributed by atoms with Crippen LogP contribution in [0.3, 0.4) is 0 Å². The van der Waals surface area contributed by atoms with Gasteiger partial charge in [-0.15, -0.1) is 0 Å². The summed E-state index contributed by atoms with van der Waals surface area (Å²) in [6, 6.07) is 21.0. The zero-order valence-electron chi connectivity index (χ0n) is 16.6. The van der Waals surface area contributed by atoms with Crippen LogP contribution in [0.4, 0.5) is 0 Å². The first-order valence-electron chi connectivity index (χ1n) is 9.69. The van der Waals surface area contributed by atoms with Crippen molar-refractivity contribution in [3.8, 4) is 17.0 Å². The molecular formula is C24H18ClN3O2S. The van der Waals surface area contributed by atoms with Crippen LogP contribution in [0.15, 0.2) is 72.9 Å². The van der Waals surface area contributed by atoms with Gasteiger partial charge in [-0.3, -0.25) is 9.20 Å². The van der Waals surface area contributed by atoms with Crippen molar-refractivity contribution >= 4 is 44.0 Å². The molecule has 0 aliphatic carbocycles. The number of hydrogen-bond acceptors (Lipinski definition) is 4. The van der Waals surface area contributed by atoms with Crippen LogP contribution in [0.25, 0.3) is 26.4 Å². The zero-order valence-corrected chi connectivity index (χ0v) is 18.2. The molecule has 0 atom stereocenters. The zero-order chi connectivity index (χ0) is 21.4. The molecule has 2 heterocycles. The van der Waals surface area contributed by atoms with Crippen molar-refractivity contribution in [3.63, 3.8) is 0 Å². The minimum absolute atomic E-state index is 0.120. The maximum atomic E-state index is 12.6. The number of hydrogen-bond donors (Lipinski definition) is 1. The lowest BCUT2D eigenvalue weighted by Crippen LogP contribution is -2.22. The van der Waals surface area contributed by atoms with E-state index in [0.29, 0.717) is 17.1 Å². The fourth-order valence-electron chi connectivity index (χ4n) is 3.50. The van der Waals surface area contributed by atoms with E-state index in [2.05, 4.69) is 9.72 Å². The van der Waals surface area contributed by atoms with Gasteiger partial charge in [0.2, 0.25) is 0 Å². The summed E-state index contributed by atoms with van der Waals surface area (Å²) < 4.78 is 8.38. The van der Waals surface area contributed by atoms with Crippen LogP contribution in [0, 0.1) is 0 Å². The Morgan fingerprint density at radius 3 is 2.84 bits per heavy atom. The molecule has 0 saturated carbocycles. The minimum Gasteiger partial charge on any atom is -0.497 e. The first-order valence-corrected chi connectivity index (χ1v) is 10.9. The van der Waals surface area contributed by atoms with Gasteiger partial charge in [-0.2, -0.15) is 0 Å². The van der Waals surface area contributed by atoms with E-state index >= 15 is 0 Å². The summed E-state index contributed by atoms with van der Waals surface area (Å²) in [5.41, 5.74) is 4.48. The SMILES string of the molecule is COc1cccc(-c2cn3c(n2)sc2cc(C(=O)NCc4cccc(Cl)c4)ccc23)c1. The van der Waals surface area contributed by atoms with Gasteiger partial charge in [-0.1, -0.05) is 47.2 Å². The third-order valence-electron chi connectivity index (χ3n) is 5.06. The van der Waals surface area contributed by atoms with Gasteiger partial charge in [0.1, 0.15) is 5.75 Å². The Morgan fingerprint density at radius 2 is 2.00 bits per heavy atom. The highest BCUT2D eigenvalue weighted by Gasteiger charge is 2.13. The van der Waals surface area contributed by atoms with Crippen LogP contribution in [0.2, 0.25) is 5.02 Å². The largest absolute Gasteiger partial charge is 0.497 e. The maximum Gasteiger partial charge on any atom is 0.251 e. The molecular weight excluding hydrogens is 430 g/mol. The molecule has 0 saturated heterocycles. The topological polar surface area (TPSA) is 55.6 Å². The van der Waals surface area contributed by atoms with Crippen molar-refractivity contribution in [2.45, 2.75) is 6.54 Å². The number of rotatable bonds is 5. The van der Waals surface area contributed by atoms with Gasteiger partial charge in [0, 0.05) is 28.9 Å². The van der Waals surface area contributed by atoms with Crippen LogP contribution in [-0.4, -0.2) is 22.4 Å². The second-order valence-electron chi connectivity index (χ2n) is 7.11. The lowest BCUT2D eigenvalue weighted by molar-refractivity contribution is 0.0951. The molecule has 0 spiro atoms. The number of benzene rings is 3. The van der Waals surface area contributed by atoms with Gasteiger partial charge in [0.15, 0.2) is 4.96 Å². The first-order chi connectivity index (χ1) is 15.1. The summed E-state index contributed by atoms with van der Waals surface area (Å²) in [6.07, 6.45) is 2.02. The summed E-state index contributed by atoms with van der Waals surface area (Å²) in [5, 5.41) is 3.60. The lowest BCUT2D eigenvalue weighted by Gasteiger charge is -2.06. The van der Waals surface area contributed by atoms with E-state index in [1.165, 1.54) is 0 Å². The van der Waals surface area contributed by atoms with Crippen molar-refractivity contribution in [1.29, 1.82) is 0 Å². The van der Waals surface area contributed by atoms with Crippen LogP contribution in [0.5, 0.6) is 5.75 Å². The van der Waals surface area contributed by atoms with E-state index in [9.17, 15) is 4.79 Å². The Bertz CT molecular complexity index is 1420. The summed E-state index contributed by atoms with van der Waals surface area (Å²) >= 11 is 7.57. The van der Waals surface area contributed by atoms with Gasteiger partial charge in [0.25, 0.3) is 5.91 Å². The highest BCUT2D eigenvalue weighted by molar-refractivity contribution is 7.23. The third kappa shape index (κ3) is 3.87. The summed E-state index contributed by atoms with van der Waals surface area (Å²) in [4.78, 5) is 18.3. The number of aromatic nitrogens is 2. The Hall–Kier alpha value is -3.35. The number of methoxy groups -OCH3 is 1. The van der Waals surface area contributed by atoms with Crippen molar-refractivity contribution in [2.75, 3.05) is 7.11 Å². The molecule has 0 bridgehead atoms. The summed E-state index contributed by atoms with van der Waals surface area (Å²) in [6.45, 7) is 0.426. The predicted octanol–water partition coefficient (Wildman–Crippen LogP) is 5.81. The monoisotopic (exact) mass is 447 g/mol. The minimum atomic E-state index is -0.120. The first kappa shape index (κ1) is 19.6. The quantitative estimate of drug-likeness (QED) is 0.370. The standard InChI is InChI=1S/C24H18ClN3O2S/c1-30-19-7-3-5-16(11-19)20-14-28-21-9-8-17(12-22(21)31-24(28)27-20)23(29)26-13-15-4-2-6-18(25)10-15/h2-12,14H,13H2,1H3,(H,26,29). The fraction of sp³-hybridized carbons (Fsp3) is 0.0833. The molecule has 5 aromatic rings. The second-order valence-corrected chi connectivity index (χ2v) is 8.55. The van der Waals surface area contributed by atoms with Crippen LogP contribution >= 0.6 is 22.9 Å². The average molecular weight is 448 g/mol. The normalized spacial score (nSPS) is 11.2. The number of thiazole rings is 1. The Kier molecular flexibility index (Phi) is 5.10. The smallest absolute Gasteiger partial charge is 0.251 e. The van der Waals surface area contributed by atoms with E-state index in [1.54, 1.807) is 18.4 Å². The number of ether oxygens (including phenoxy) is 1. The number of fused-ring (bicyclic) bond motifs is 3. The number of imidazole rings is 1. The highest BCUT2D eigenvalue weighted by Crippen LogP contribution is 2.31. The lowest BCUT2D eigenvalue weighted by atomic mass is 10.1. The molecule has 154 valence electrons. The Labute approximate surface area is 187 Å². The molecule has 31 heavy (non-hydrogen) atoms. The van der Waals surface area contributed by atoms with E-state index in [-0.39, 0.29) is 5.91 Å². The third-order valence-corrected chi connectivity index (χ3v) is 6.32. The van der Waals surface area contributed by atoms with Gasteiger partial charge in [0.05, 0.1) is 23.0 Å². The van der Waals surface area contributed by atoms with E-state index in [1.807, 2.05) is 72.9 Å². The molecule has 1 amide bonds. The van der Waals surface area contributed by atoms with Crippen molar-refractivity contribution in [2.24, 2.45) is 0 Å². The number of nitrogens with zero attached hydrogens (tertiary/aromatic N) is 2. The van der Waals surface area contributed by atoms with Crippen molar-refractivity contribution in [1.82, 2.24) is 14.7 Å². The number of carbonyl (C=O) groups excluding carboxylic acids is 1. The fourth-order valence-corrected chi connectivity index (χ4v) is 4.75. The van der Waals surface area contributed by atoms with Gasteiger partial charge < -0.3 is 10.1 Å². The molecule has 2 aromatic heterocycles. The molecule has 5 nitrogen and oxygen atoms in total.